The zero-order chi connectivity index (χ0) is 18.0. The predicted octanol–water partition coefficient (Wildman–Crippen LogP) is 3.83. The molecule has 0 amide bonds. The minimum Gasteiger partial charge on any atom is -0.465 e. The molecule has 25 heavy (non-hydrogen) atoms. The summed E-state index contributed by atoms with van der Waals surface area (Å²) in [7, 11) is 1.30. The van der Waals surface area contributed by atoms with Crippen molar-refractivity contribution in [2.45, 2.75) is 17.1 Å². The van der Waals surface area contributed by atoms with E-state index in [-0.39, 0.29) is 0 Å². The minimum absolute atomic E-state index is 0.344. The largest absolute Gasteiger partial charge is 0.465 e. The highest BCUT2D eigenvalue weighted by Gasteiger charge is 2.31. The molecule has 130 valence electrons. The van der Waals surface area contributed by atoms with Crippen LogP contribution in [0.3, 0.4) is 0 Å². The molecule has 0 aliphatic heterocycles. The fourth-order valence-electron chi connectivity index (χ4n) is 2.14. The summed E-state index contributed by atoms with van der Waals surface area (Å²) in [5.74, 6) is 0.0423. The molecule has 0 saturated heterocycles. The van der Waals surface area contributed by atoms with Gasteiger partial charge in [0.25, 0.3) is 0 Å². The highest BCUT2D eigenvalue weighted by molar-refractivity contribution is 7.98. The molecule has 0 aliphatic carbocycles. The van der Waals surface area contributed by atoms with Crippen LogP contribution in [0.2, 0.25) is 0 Å². The number of hydrogen-bond donors (Lipinski definition) is 0. The van der Waals surface area contributed by atoms with Crippen LogP contribution in [0.5, 0.6) is 0 Å². The second-order valence-electron chi connectivity index (χ2n) is 5.10. The van der Waals surface area contributed by atoms with Gasteiger partial charge in [-0.15, -0.1) is 10.2 Å². The van der Waals surface area contributed by atoms with Gasteiger partial charge in [-0.05, 0) is 29.8 Å². The molecule has 3 rings (SSSR count). The van der Waals surface area contributed by atoms with Crippen LogP contribution in [-0.4, -0.2) is 27.7 Å². The summed E-state index contributed by atoms with van der Waals surface area (Å²) in [5.41, 5.74) is 0.904. The van der Waals surface area contributed by atoms with Gasteiger partial charge in [-0.1, -0.05) is 23.9 Å². The van der Waals surface area contributed by atoms with Gasteiger partial charge in [-0.2, -0.15) is 13.2 Å². The molecule has 0 unspecified atom stereocenters. The fraction of sp³-hybridized carbons (Fsp3) is 0.188. The van der Waals surface area contributed by atoms with Crippen molar-refractivity contribution in [1.82, 2.24) is 14.6 Å². The number of benzene rings is 1. The van der Waals surface area contributed by atoms with Crippen LogP contribution in [-0.2, 0) is 16.7 Å². The molecule has 0 radical (unpaired) electrons. The number of aromatic nitrogens is 3. The number of carbonyl (C=O) groups excluding carboxylic acids is 1. The highest BCUT2D eigenvalue weighted by Crippen LogP contribution is 2.30. The molecule has 9 heteroatoms. The summed E-state index contributed by atoms with van der Waals surface area (Å²) in [5, 5.41) is 8.15. The fourth-order valence-corrected chi connectivity index (χ4v) is 3.01. The summed E-state index contributed by atoms with van der Waals surface area (Å²) < 4.78 is 44.5. The number of pyridine rings is 1. The van der Waals surface area contributed by atoms with Crippen LogP contribution in [0.25, 0.3) is 5.65 Å². The molecular formula is C16H12F3N3O2S. The van der Waals surface area contributed by atoms with E-state index < -0.39 is 17.7 Å². The molecule has 0 bridgehead atoms. The Morgan fingerprint density at radius 3 is 2.52 bits per heavy atom. The number of esters is 1. The Bertz CT molecular complexity index is 907. The first-order valence-corrected chi connectivity index (χ1v) is 8.09. The first-order valence-electron chi connectivity index (χ1n) is 7.10. The maximum Gasteiger partial charge on any atom is 0.417 e. The third-order valence-corrected chi connectivity index (χ3v) is 4.46. The smallest absolute Gasteiger partial charge is 0.417 e. The normalized spacial score (nSPS) is 11.7. The second-order valence-corrected chi connectivity index (χ2v) is 6.05. The van der Waals surface area contributed by atoms with Crippen molar-refractivity contribution < 1.29 is 22.7 Å². The van der Waals surface area contributed by atoms with Gasteiger partial charge in [0.05, 0.1) is 18.2 Å². The molecule has 0 saturated carbocycles. The number of nitrogens with zero attached hydrogens (tertiary/aromatic N) is 3. The molecule has 3 aromatic rings. The lowest BCUT2D eigenvalue weighted by Crippen LogP contribution is -2.06. The van der Waals surface area contributed by atoms with Crippen LogP contribution in [0.15, 0.2) is 47.8 Å². The number of thioether (sulfide) groups is 1. The molecule has 0 fully saturated rings. The predicted molar refractivity (Wildman–Crippen MR) is 85.3 cm³/mol. The zero-order valence-electron chi connectivity index (χ0n) is 12.9. The van der Waals surface area contributed by atoms with E-state index in [0.29, 0.717) is 22.1 Å². The maximum atomic E-state index is 12.8. The van der Waals surface area contributed by atoms with Crippen LogP contribution in [0, 0.1) is 0 Å². The van der Waals surface area contributed by atoms with Crippen molar-refractivity contribution in [3.63, 3.8) is 0 Å². The quantitative estimate of drug-likeness (QED) is 0.518. The Morgan fingerprint density at radius 2 is 1.88 bits per heavy atom. The van der Waals surface area contributed by atoms with Crippen molar-refractivity contribution in [2.75, 3.05) is 7.11 Å². The van der Waals surface area contributed by atoms with Crippen molar-refractivity contribution in [2.24, 2.45) is 0 Å². The van der Waals surface area contributed by atoms with E-state index in [1.165, 1.54) is 29.3 Å². The summed E-state index contributed by atoms with van der Waals surface area (Å²) in [4.78, 5) is 11.4. The molecule has 0 aliphatic rings. The maximum absolute atomic E-state index is 12.8. The molecule has 0 spiro atoms. The first kappa shape index (κ1) is 17.3. The van der Waals surface area contributed by atoms with Crippen molar-refractivity contribution in [3.8, 4) is 0 Å². The topological polar surface area (TPSA) is 56.5 Å². The number of ether oxygens (including phenoxy) is 1. The summed E-state index contributed by atoms with van der Waals surface area (Å²) in [6.45, 7) is 0. The van der Waals surface area contributed by atoms with E-state index in [9.17, 15) is 18.0 Å². The summed E-state index contributed by atoms with van der Waals surface area (Å²) in [6, 6.07) is 9.03. The van der Waals surface area contributed by atoms with Crippen LogP contribution < -0.4 is 0 Å². The third kappa shape index (κ3) is 3.76. The summed E-state index contributed by atoms with van der Waals surface area (Å²) >= 11 is 1.25. The van der Waals surface area contributed by atoms with Gasteiger partial charge in [0.1, 0.15) is 0 Å². The van der Waals surface area contributed by atoms with Crippen LogP contribution in [0.1, 0.15) is 21.5 Å². The molecule has 0 atom stereocenters. The summed E-state index contributed by atoms with van der Waals surface area (Å²) in [6.07, 6.45) is -3.44. The van der Waals surface area contributed by atoms with Gasteiger partial charge < -0.3 is 4.74 Å². The van der Waals surface area contributed by atoms with Crippen LogP contribution in [0.4, 0.5) is 13.2 Å². The Hall–Kier alpha value is -2.55. The highest BCUT2D eigenvalue weighted by atomic mass is 32.2. The molecule has 5 nitrogen and oxygen atoms in total. The lowest BCUT2D eigenvalue weighted by atomic mass is 10.1. The van der Waals surface area contributed by atoms with E-state index in [1.54, 1.807) is 24.3 Å². The van der Waals surface area contributed by atoms with Gasteiger partial charge >= 0.3 is 12.1 Å². The average molecular weight is 367 g/mol. The minimum atomic E-state index is -4.43. The lowest BCUT2D eigenvalue weighted by Gasteiger charge is -2.07. The molecule has 1 aromatic carbocycles. The monoisotopic (exact) mass is 367 g/mol. The van der Waals surface area contributed by atoms with E-state index in [0.717, 1.165) is 17.8 Å². The number of carbonyl (C=O) groups is 1. The third-order valence-electron chi connectivity index (χ3n) is 3.44. The molecule has 2 aromatic heterocycles. The van der Waals surface area contributed by atoms with E-state index in [1.807, 2.05) is 0 Å². The van der Waals surface area contributed by atoms with Gasteiger partial charge in [0.2, 0.25) is 0 Å². The zero-order valence-corrected chi connectivity index (χ0v) is 13.8. The average Bonchev–Trinajstić information content (AvgIpc) is 3.01. The molecular weight excluding hydrogens is 355 g/mol. The van der Waals surface area contributed by atoms with Crippen molar-refractivity contribution >= 4 is 23.4 Å². The Labute approximate surface area is 144 Å². The van der Waals surface area contributed by atoms with Crippen molar-refractivity contribution in [1.29, 1.82) is 0 Å². The number of methoxy groups -OCH3 is 1. The van der Waals surface area contributed by atoms with E-state index in [4.69, 9.17) is 0 Å². The van der Waals surface area contributed by atoms with Crippen LogP contribution >= 0.6 is 11.8 Å². The Balaban J connectivity index is 1.78. The number of hydrogen-bond acceptors (Lipinski definition) is 5. The van der Waals surface area contributed by atoms with E-state index in [2.05, 4.69) is 14.9 Å². The van der Waals surface area contributed by atoms with Gasteiger partial charge in [-0.3, -0.25) is 4.40 Å². The number of fused-ring (bicyclic) bond motifs is 1. The number of halogens is 3. The van der Waals surface area contributed by atoms with Gasteiger partial charge in [0.15, 0.2) is 10.8 Å². The van der Waals surface area contributed by atoms with Gasteiger partial charge in [-0.25, -0.2) is 4.79 Å². The SMILES string of the molecule is COC(=O)c1ccc(CSc2nnc3ccc(C(F)(F)F)cn23)cc1. The first-order chi connectivity index (χ1) is 11.9. The molecule has 0 N–H and O–H groups in total. The number of alkyl halides is 3. The Kier molecular flexibility index (Phi) is 4.67. The van der Waals surface area contributed by atoms with E-state index >= 15 is 0 Å². The second kappa shape index (κ2) is 6.75. The molecule has 2 heterocycles. The standard InChI is InChI=1S/C16H12F3N3O2S/c1-24-14(23)11-4-2-10(3-5-11)9-25-15-21-20-13-7-6-12(8-22(13)15)16(17,18)19/h2-8H,9H2,1H3. The lowest BCUT2D eigenvalue weighted by molar-refractivity contribution is -0.137. The number of rotatable bonds is 4. The Morgan fingerprint density at radius 1 is 1.16 bits per heavy atom. The van der Waals surface area contributed by atoms with Crippen molar-refractivity contribution in [3.05, 3.63) is 59.3 Å². The van der Waals surface area contributed by atoms with Gasteiger partial charge in [0, 0.05) is 11.9 Å².